The van der Waals surface area contributed by atoms with Crippen LogP contribution in [-0.4, -0.2) is 17.5 Å². The van der Waals surface area contributed by atoms with Crippen molar-refractivity contribution in [3.63, 3.8) is 0 Å². The Balaban J connectivity index is 3.37. The summed E-state index contributed by atoms with van der Waals surface area (Å²) < 4.78 is 5.38. The maximum atomic E-state index is 5.38. The van der Waals surface area contributed by atoms with E-state index in [-0.39, 0.29) is 5.60 Å². The standard InChI is InChI=1S/C12H25BrO/c1-5-8-11(13)9-6-7-10-12(2,3)14-4/h11H,5-10H2,1-4H3. The fraction of sp³-hybridized carbons (Fsp3) is 1.00. The fourth-order valence-electron chi connectivity index (χ4n) is 1.48. The lowest BCUT2D eigenvalue weighted by atomic mass is 9.99. The van der Waals surface area contributed by atoms with Gasteiger partial charge in [0, 0.05) is 11.9 Å². The summed E-state index contributed by atoms with van der Waals surface area (Å²) >= 11 is 3.70. The average molecular weight is 265 g/mol. The zero-order chi connectivity index (χ0) is 11.0. The predicted octanol–water partition coefficient (Wildman–Crippen LogP) is 4.54. The molecule has 0 aliphatic carbocycles. The lowest BCUT2D eigenvalue weighted by Gasteiger charge is -2.22. The van der Waals surface area contributed by atoms with Crippen molar-refractivity contribution in [1.29, 1.82) is 0 Å². The molecular formula is C12H25BrO. The molecule has 14 heavy (non-hydrogen) atoms. The van der Waals surface area contributed by atoms with Crippen LogP contribution >= 0.6 is 15.9 Å². The van der Waals surface area contributed by atoms with Gasteiger partial charge in [-0.2, -0.15) is 0 Å². The maximum Gasteiger partial charge on any atom is 0.0622 e. The summed E-state index contributed by atoms with van der Waals surface area (Å²) in [5, 5.41) is 0. The lowest BCUT2D eigenvalue weighted by molar-refractivity contribution is 0.0134. The molecule has 0 bridgehead atoms. The van der Waals surface area contributed by atoms with E-state index in [2.05, 4.69) is 36.7 Å². The van der Waals surface area contributed by atoms with Crippen LogP contribution < -0.4 is 0 Å². The minimum atomic E-state index is 0.0621. The van der Waals surface area contributed by atoms with Gasteiger partial charge in [-0.25, -0.2) is 0 Å². The summed E-state index contributed by atoms with van der Waals surface area (Å²) in [5.74, 6) is 0. The molecule has 0 heterocycles. The van der Waals surface area contributed by atoms with Crippen molar-refractivity contribution >= 4 is 15.9 Å². The van der Waals surface area contributed by atoms with Gasteiger partial charge in [-0.05, 0) is 33.1 Å². The topological polar surface area (TPSA) is 9.23 Å². The van der Waals surface area contributed by atoms with Crippen LogP contribution in [0.1, 0.15) is 59.3 Å². The number of methoxy groups -OCH3 is 1. The van der Waals surface area contributed by atoms with Crippen LogP contribution in [-0.2, 0) is 4.74 Å². The molecule has 2 heteroatoms. The molecule has 0 amide bonds. The zero-order valence-corrected chi connectivity index (χ0v) is 11.7. The zero-order valence-electron chi connectivity index (χ0n) is 10.1. The molecule has 0 spiro atoms. The van der Waals surface area contributed by atoms with E-state index in [0.717, 1.165) is 11.2 Å². The van der Waals surface area contributed by atoms with E-state index in [9.17, 15) is 0 Å². The van der Waals surface area contributed by atoms with Crippen molar-refractivity contribution in [1.82, 2.24) is 0 Å². The third kappa shape index (κ3) is 7.81. The molecule has 1 atom stereocenters. The molecule has 0 aromatic carbocycles. The van der Waals surface area contributed by atoms with Gasteiger partial charge < -0.3 is 4.74 Å². The number of hydrogen-bond donors (Lipinski definition) is 0. The number of ether oxygens (including phenoxy) is 1. The van der Waals surface area contributed by atoms with E-state index in [4.69, 9.17) is 4.74 Å². The first-order valence-corrected chi connectivity index (χ1v) is 6.62. The highest BCUT2D eigenvalue weighted by Gasteiger charge is 2.15. The molecule has 0 radical (unpaired) electrons. The second-order valence-electron chi connectivity index (χ2n) is 4.60. The first kappa shape index (κ1) is 14.4. The second-order valence-corrected chi connectivity index (χ2v) is 5.89. The SMILES string of the molecule is CCCC(Br)CCCCC(C)(C)OC. The molecule has 86 valence electrons. The van der Waals surface area contributed by atoms with E-state index in [0.29, 0.717) is 0 Å². The van der Waals surface area contributed by atoms with Gasteiger partial charge in [0.25, 0.3) is 0 Å². The molecule has 1 unspecified atom stereocenters. The highest BCUT2D eigenvalue weighted by atomic mass is 79.9. The van der Waals surface area contributed by atoms with E-state index >= 15 is 0 Å². The molecule has 0 rings (SSSR count). The van der Waals surface area contributed by atoms with Gasteiger partial charge in [0.15, 0.2) is 0 Å². The molecule has 0 aromatic heterocycles. The molecule has 0 saturated carbocycles. The first-order chi connectivity index (χ1) is 6.52. The minimum Gasteiger partial charge on any atom is -0.379 e. The molecule has 1 nitrogen and oxygen atoms in total. The van der Waals surface area contributed by atoms with Crippen molar-refractivity contribution in [2.45, 2.75) is 69.7 Å². The molecular weight excluding hydrogens is 240 g/mol. The Hall–Kier alpha value is 0.440. The van der Waals surface area contributed by atoms with E-state index in [1.165, 1.54) is 32.1 Å². The number of hydrogen-bond acceptors (Lipinski definition) is 1. The smallest absolute Gasteiger partial charge is 0.0622 e. The van der Waals surface area contributed by atoms with Crippen molar-refractivity contribution in [3.8, 4) is 0 Å². The van der Waals surface area contributed by atoms with Crippen molar-refractivity contribution < 1.29 is 4.74 Å². The van der Waals surface area contributed by atoms with Gasteiger partial charge in [0.2, 0.25) is 0 Å². The third-order valence-electron chi connectivity index (χ3n) is 2.70. The Labute approximate surface area is 97.7 Å². The fourth-order valence-corrected chi connectivity index (χ4v) is 2.26. The Morgan fingerprint density at radius 2 is 1.86 bits per heavy atom. The van der Waals surface area contributed by atoms with Crippen LogP contribution in [0.4, 0.5) is 0 Å². The van der Waals surface area contributed by atoms with Crippen LogP contribution in [0.25, 0.3) is 0 Å². The Morgan fingerprint density at radius 1 is 1.21 bits per heavy atom. The minimum absolute atomic E-state index is 0.0621. The first-order valence-electron chi connectivity index (χ1n) is 5.71. The van der Waals surface area contributed by atoms with Crippen molar-refractivity contribution in [2.24, 2.45) is 0 Å². The summed E-state index contributed by atoms with van der Waals surface area (Å²) in [6, 6.07) is 0. The summed E-state index contributed by atoms with van der Waals surface area (Å²) in [4.78, 5) is 0.721. The van der Waals surface area contributed by atoms with Gasteiger partial charge in [0.1, 0.15) is 0 Å². The quantitative estimate of drug-likeness (QED) is 0.462. The van der Waals surface area contributed by atoms with Crippen LogP contribution in [0.5, 0.6) is 0 Å². The number of halogens is 1. The van der Waals surface area contributed by atoms with E-state index < -0.39 is 0 Å². The Morgan fingerprint density at radius 3 is 2.36 bits per heavy atom. The van der Waals surface area contributed by atoms with Crippen LogP contribution in [0.2, 0.25) is 0 Å². The van der Waals surface area contributed by atoms with Gasteiger partial charge in [-0.1, -0.05) is 42.1 Å². The van der Waals surface area contributed by atoms with Crippen LogP contribution in [0.3, 0.4) is 0 Å². The van der Waals surface area contributed by atoms with Crippen LogP contribution in [0.15, 0.2) is 0 Å². The molecule has 0 aliphatic heterocycles. The molecule has 0 N–H and O–H groups in total. The van der Waals surface area contributed by atoms with E-state index in [1.807, 2.05) is 0 Å². The summed E-state index contributed by atoms with van der Waals surface area (Å²) in [6.07, 6.45) is 7.62. The summed E-state index contributed by atoms with van der Waals surface area (Å²) in [5.41, 5.74) is 0.0621. The predicted molar refractivity (Wildman–Crippen MR) is 67.2 cm³/mol. The maximum absolute atomic E-state index is 5.38. The normalized spacial score (nSPS) is 14.4. The van der Waals surface area contributed by atoms with Crippen molar-refractivity contribution in [2.75, 3.05) is 7.11 Å². The van der Waals surface area contributed by atoms with Gasteiger partial charge in [0.05, 0.1) is 5.60 Å². The summed E-state index contributed by atoms with van der Waals surface area (Å²) in [6.45, 7) is 6.55. The van der Waals surface area contributed by atoms with Gasteiger partial charge in [-0.15, -0.1) is 0 Å². The Bertz CT molecular complexity index is 134. The van der Waals surface area contributed by atoms with Crippen LogP contribution in [0, 0.1) is 0 Å². The van der Waals surface area contributed by atoms with Crippen molar-refractivity contribution in [3.05, 3.63) is 0 Å². The lowest BCUT2D eigenvalue weighted by Crippen LogP contribution is -2.21. The molecule has 0 aliphatic rings. The number of rotatable bonds is 8. The highest BCUT2D eigenvalue weighted by Crippen LogP contribution is 2.20. The van der Waals surface area contributed by atoms with E-state index in [1.54, 1.807) is 7.11 Å². The van der Waals surface area contributed by atoms with Gasteiger partial charge >= 0.3 is 0 Å². The largest absolute Gasteiger partial charge is 0.379 e. The van der Waals surface area contributed by atoms with Gasteiger partial charge in [-0.3, -0.25) is 0 Å². The molecule has 0 fully saturated rings. The molecule has 0 aromatic rings. The number of unbranched alkanes of at least 4 members (excludes halogenated alkanes) is 1. The third-order valence-corrected chi connectivity index (χ3v) is 3.62. The monoisotopic (exact) mass is 264 g/mol. The second kappa shape index (κ2) is 7.70. The average Bonchev–Trinajstić information content (AvgIpc) is 2.13. The number of alkyl halides is 1. The summed E-state index contributed by atoms with van der Waals surface area (Å²) in [7, 11) is 1.80. The molecule has 0 saturated heterocycles. The highest BCUT2D eigenvalue weighted by molar-refractivity contribution is 9.09. The Kier molecular flexibility index (Phi) is 7.94.